The standard InChI is InChI=1S/C12H17NO2S.C9H12O2/c1-7-4-12(2,3)5-8-10(7)16-6-9(13-8)11(14)15;1-7-4-5-8(10-2)9(6-7)11-3/h9,13H,1,4-6H2,2-3H3,(H,14,15);4-6H,1-3H3. The van der Waals surface area contributed by atoms with Crippen molar-refractivity contribution in [1.29, 1.82) is 0 Å². The second-order valence-electron chi connectivity index (χ2n) is 7.63. The summed E-state index contributed by atoms with van der Waals surface area (Å²) in [5.41, 5.74) is 3.57. The number of thioether (sulfide) groups is 1. The highest BCUT2D eigenvalue weighted by molar-refractivity contribution is 8.03. The third-order valence-corrected chi connectivity index (χ3v) is 5.85. The first kappa shape index (κ1) is 21.2. The summed E-state index contributed by atoms with van der Waals surface area (Å²) in [5, 5.41) is 12.1. The smallest absolute Gasteiger partial charge is 0.326 e. The van der Waals surface area contributed by atoms with Gasteiger partial charge in [-0.2, -0.15) is 0 Å². The fraction of sp³-hybridized carbons (Fsp3) is 0.476. The minimum atomic E-state index is -0.770. The lowest BCUT2D eigenvalue weighted by molar-refractivity contribution is -0.138. The average Bonchev–Trinajstić information content (AvgIpc) is 2.60. The number of aryl methyl sites for hydroxylation is 1. The number of hydrogen-bond acceptors (Lipinski definition) is 5. The fourth-order valence-corrected chi connectivity index (χ4v) is 4.43. The highest BCUT2D eigenvalue weighted by atomic mass is 32.2. The van der Waals surface area contributed by atoms with Crippen LogP contribution in [0.4, 0.5) is 0 Å². The zero-order chi connectivity index (χ0) is 20.2. The summed E-state index contributed by atoms with van der Waals surface area (Å²) < 4.78 is 10.2. The van der Waals surface area contributed by atoms with Gasteiger partial charge in [-0.05, 0) is 48.4 Å². The lowest BCUT2D eigenvalue weighted by atomic mass is 9.77. The van der Waals surface area contributed by atoms with Gasteiger partial charge < -0.3 is 19.9 Å². The van der Waals surface area contributed by atoms with Crippen molar-refractivity contribution in [3.63, 3.8) is 0 Å². The van der Waals surface area contributed by atoms with Crippen LogP contribution < -0.4 is 14.8 Å². The Morgan fingerprint density at radius 3 is 2.52 bits per heavy atom. The van der Waals surface area contributed by atoms with E-state index in [9.17, 15) is 4.79 Å². The Bertz CT molecular complexity index is 755. The SMILES string of the molecule is C=C1CC(C)(C)CC2=C1SCC(C(=O)O)N2.COc1ccc(C)cc1OC. The number of benzene rings is 1. The van der Waals surface area contributed by atoms with E-state index in [4.69, 9.17) is 14.6 Å². The van der Waals surface area contributed by atoms with Crippen LogP contribution in [-0.4, -0.2) is 37.1 Å². The molecule has 0 spiro atoms. The molecule has 1 aliphatic heterocycles. The molecule has 0 fully saturated rings. The molecule has 0 radical (unpaired) electrons. The highest BCUT2D eigenvalue weighted by Gasteiger charge is 2.35. The van der Waals surface area contributed by atoms with Crippen LogP contribution in [-0.2, 0) is 4.79 Å². The average molecular weight is 392 g/mol. The second-order valence-corrected chi connectivity index (χ2v) is 8.66. The maximum absolute atomic E-state index is 11.0. The summed E-state index contributed by atoms with van der Waals surface area (Å²) >= 11 is 1.63. The first-order chi connectivity index (χ1) is 12.7. The second kappa shape index (κ2) is 8.74. The van der Waals surface area contributed by atoms with Crippen LogP contribution >= 0.6 is 11.8 Å². The predicted octanol–water partition coefficient (Wildman–Crippen LogP) is 4.38. The molecule has 2 aliphatic rings. The lowest BCUT2D eigenvalue weighted by Crippen LogP contribution is -2.43. The van der Waals surface area contributed by atoms with E-state index in [-0.39, 0.29) is 5.41 Å². The highest BCUT2D eigenvalue weighted by Crippen LogP contribution is 2.45. The van der Waals surface area contributed by atoms with E-state index in [2.05, 4.69) is 25.7 Å². The fourth-order valence-electron chi connectivity index (χ4n) is 3.29. The van der Waals surface area contributed by atoms with E-state index in [0.29, 0.717) is 5.75 Å². The van der Waals surface area contributed by atoms with Crippen molar-refractivity contribution >= 4 is 17.7 Å². The maximum Gasteiger partial charge on any atom is 0.326 e. The number of ether oxygens (including phenoxy) is 2. The molecule has 1 unspecified atom stereocenters. The number of allylic oxidation sites excluding steroid dienone is 2. The molecule has 27 heavy (non-hydrogen) atoms. The molecule has 6 heteroatoms. The van der Waals surface area contributed by atoms with Crippen molar-refractivity contribution in [2.45, 2.75) is 39.7 Å². The molecule has 1 aromatic rings. The molecular weight excluding hydrogens is 362 g/mol. The van der Waals surface area contributed by atoms with Gasteiger partial charge in [-0.1, -0.05) is 26.5 Å². The number of rotatable bonds is 3. The van der Waals surface area contributed by atoms with Gasteiger partial charge in [0, 0.05) is 16.4 Å². The normalized spacial score (nSPS) is 20.6. The van der Waals surface area contributed by atoms with Gasteiger partial charge in [0.2, 0.25) is 0 Å². The Morgan fingerprint density at radius 2 is 1.93 bits per heavy atom. The van der Waals surface area contributed by atoms with Crippen molar-refractivity contribution in [2.75, 3.05) is 20.0 Å². The van der Waals surface area contributed by atoms with Crippen molar-refractivity contribution in [2.24, 2.45) is 5.41 Å². The molecule has 3 rings (SSSR count). The largest absolute Gasteiger partial charge is 0.493 e. The van der Waals surface area contributed by atoms with Crippen molar-refractivity contribution in [3.05, 3.63) is 46.5 Å². The van der Waals surface area contributed by atoms with E-state index < -0.39 is 12.0 Å². The number of methoxy groups -OCH3 is 2. The molecule has 2 N–H and O–H groups in total. The zero-order valence-electron chi connectivity index (χ0n) is 16.7. The van der Waals surface area contributed by atoms with E-state index in [0.717, 1.165) is 35.6 Å². The molecular formula is C21H29NO4S. The predicted molar refractivity (Wildman–Crippen MR) is 110 cm³/mol. The molecule has 1 aliphatic carbocycles. The third kappa shape index (κ3) is 5.45. The lowest BCUT2D eigenvalue weighted by Gasteiger charge is -2.38. The van der Waals surface area contributed by atoms with Gasteiger partial charge >= 0.3 is 5.97 Å². The first-order valence-electron chi connectivity index (χ1n) is 8.89. The van der Waals surface area contributed by atoms with E-state index in [1.54, 1.807) is 26.0 Å². The van der Waals surface area contributed by atoms with Gasteiger partial charge in [0.25, 0.3) is 0 Å². The van der Waals surface area contributed by atoms with Crippen LogP contribution in [0, 0.1) is 12.3 Å². The van der Waals surface area contributed by atoms with E-state index >= 15 is 0 Å². The van der Waals surface area contributed by atoms with Crippen LogP contribution in [0.5, 0.6) is 11.5 Å². The summed E-state index contributed by atoms with van der Waals surface area (Å²) in [4.78, 5) is 12.1. The maximum atomic E-state index is 11.0. The van der Waals surface area contributed by atoms with E-state index in [1.165, 1.54) is 10.5 Å². The molecule has 0 aromatic heterocycles. The Morgan fingerprint density at radius 1 is 1.26 bits per heavy atom. The van der Waals surface area contributed by atoms with Gasteiger partial charge in [-0.15, -0.1) is 11.8 Å². The van der Waals surface area contributed by atoms with Crippen LogP contribution in [0.1, 0.15) is 32.3 Å². The van der Waals surface area contributed by atoms with Crippen molar-refractivity contribution in [1.82, 2.24) is 5.32 Å². The molecule has 5 nitrogen and oxygen atoms in total. The topological polar surface area (TPSA) is 67.8 Å². The zero-order valence-corrected chi connectivity index (χ0v) is 17.5. The molecule has 148 valence electrons. The summed E-state index contributed by atoms with van der Waals surface area (Å²) in [6, 6.07) is 5.37. The number of hydrogen-bond donors (Lipinski definition) is 2. The Balaban J connectivity index is 0.000000208. The number of nitrogens with one attached hydrogen (secondary N) is 1. The van der Waals surface area contributed by atoms with Crippen LogP contribution in [0.3, 0.4) is 0 Å². The van der Waals surface area contributed by atoms with Crippen LogP contribution in [0.15, 0.2) is 41.0 Å². The minimum absolute atomic E-state index is 0.184. The van der Waals surface area contributed by atoms with Crippen molar-refractivity contribution in [3.8, 4) is 11.5 Å². The third-order valence-electron chi connectivity index (χ3n) is 4.52. The first-order valence-corrected chi connectivity index (χ1v) is 9.87. The molecule has 1 heterocycles. The van der Waals surface area contributed by atoms with Crippen LogP contribution in [0.2, 0.25) is 0 Å². The quantitative estimate of drug-likeness (QED) is 0.797. The summed E-state index contributed by atoms with van der Waals surface area (Å²) in [6.07, 6.45) is 1.91. The number of carbonyl (C=O) groups is 1. The minimum Gasteiger partial charge on any atom is -0.493 e. The van der Waals surface area contributed by atoms with Crippen LogP contribution in [0.25, 0.3) is 0 Å². The molecule has 0 saturated heterocycles. The molecule has 0 amide bonds. The molecule has 1 atom stereocenters. The van der Waals surface area contributed by atoms with Gasteiger partial charge in [-0.25, -0.2) is 4.79 Å². The van der Waals surface area contributed by atoms with E-state index in [1.807, 2.05) is 25.1 Å². The summed E-state index contributed by atoms with van der Waals surface area (Å²) in [7, 11) is 3.27. The van der Waals surface area contributed by atoms with Gasteiger partial charge in [0.1, 0.15) is 6.04 Å². The molecule has 0 saturated carbocycles. The Labute approximate surface area is 165 Å². The van der Waals surface area contributed by atoms with Gasteiger partial charge in [0.15, 0.2) is 11.5 Å². The number of carboxylic acid groups (broad SMARTS) is 1. The van der Waals surface area contributed by atoms with Gasteiger partial charge in [-0.3, -0.25) is 0 Å². The monoisotopic (exact) mass is 391 g/mol. The Hall–Kier alpha value is -2.08. The molecule has 1 aromatic carbocycles. The number of carboxylic acids is 1. The van der Waals surface area contributed by atoms with Crippen molar-refractivity contribution < 1.29 is 19.4 Å². The summed E-state index contributed by atoms with van der Waals surface area (Å²) in [5.74, 6) is 1.38. The van der Waals surface area contributed by atoms with Gasteiger partial charge in [0.05, 0.1) is 14.2 Å². The number of aliphatic carboxylic acids is 1. The molecule has 0 bridgehead atoms. The Kier molecular flexibility index (Phi) is 6.87. The summed E-state index contributed by atoms with van der Waals surface area (Å²) in [6.45, 7) is 10.5.